The highest BCUT2D eigenvalue weighted by Gasteiger charge is 2.24. The van der Waals surface area contributed by atoms with Crippen LogP contribution in [0.2, 0.25) is 0 Å². The molecule has 0 bridgehead atoms. The molecule has 1 aromatic carbocycles. The van der Waals surface area contributed by atoms with Crippen LogP contribution >= 0.6 is 15.9 Å². The number of likely N-dealkylation sites (tertiary alicyclic amines) is 1. The third-order valence-electron chi connectivity index (χ3n) is 3.97. The molecular weight excluding hydrogens is 300 g/mol. The van der Waals surface area contributed by atoms with E-state index in [1.165, 1.54) is 35.8 Å². The first kappa shape index (κ1) is 15.0. The van der Waals surface area contributed by atoms with Crippen LogP contribution in [0.25, 0.3) is 0 Å². The lowest BCUT2D eigenvalue weighted by Gasteiger charge is -2.38. The summed E-state index contributed by atoms with van der Waals surface area (Å²) >= 11 is 3.55. The van der Waals surface area contributed by atoms with Crippen molar-refractivity contribution in [2.75, 3.05) is 13.1 Å². The summed E-state index contributed by atoms with van der Waals surface area (Å²) in [7, 11) is 0. The Bertz CT molecular complexity index is 394. The summed E-state index contributed by atoms with van der Waals surface area (Å²) in [6.45, 7) is 8.02. The number of nitrogens with zero attached hydrogens (tertiary/aromatic N) is 1. The molecule has 2 atom stereocenters. The van der Waals surface area contributed by atoms with E-state index in [2.05, 4.69) is 64.3 Å². The molecule has 0 radical (unpaired) electrons. The monoisotopic (exact) mass is 324 g/mol. The molecule has 1 fully saturated rings. The van der Waals surface area contributed by atoms with E-state index >= 15 is 0 Å². The number of hydrogen-bond acceptors (Lipinski definition) is 2. The molecule has 106 valence electrons. The van der Waals surface area contributed by atoms with Crippen LogP contribution in [0.15, 0.2) is 28.7 Å². The number of rotatable bonds is 5. The summed E-state index contributed by atoms with van der Waals surface area (Å²) in [5.74, 6) is 0. The lowest BCUT2D eigenvalue weighted by atomic mass is 9.97. The SMILES string of the molecule is CCCNC1CCN(Cc2cccc(Br)c2)C(C)C1. The molecular formula is C16H25BrN2. The zero-order valence-electron chi connectivity index (χ0n) is 12.0. The molecule has 0 spiro atoms. The van der Waals surface area contributed by atoms with E-state index in [0.717, 1.165) is 13.1 Å². The molecule has 1 heterocycles. The molecule has 1 N–H and O–H groups in total. The summed E-state index contributed by atoms with van der Waals surface area (Å²) in [4.78, 5) is 2.60. The molecule has 19 heavy (non-hydrogen) atoms. The Morgan fingerprint density at radius 3 is 2.95 bits per heavy atom. The van der Waals surface area contributed by atoms with Crippen molar-refractivity contribution in [1.82, 2.24) is 10.2 Å². The molecule has 1 saturated heterocycles. The van der Waals surface area contributed by atoms with Gasteiger partial charge in [-0.15, -0.1) is 0 Å². The van der Waals surface area contributed by atoms with E-state index in [-0.39, 0.29) is 0 Å². The predicted octanol–water partition coefficient (Wildman–Crippen LogP) is 3.80. The van der Waals surface area contributed by atoms with Gasteiger partial charge in [-0.05, 0) is 50.4 Å². The second-order valence-electron chi connectivity index (χ2n) is 5.62. The molecule has 1 aromatic rings. The molecule has 3 heteroatoms. The van der Waals surface area contributed by atoms with Gasteiger partial charge in [-0.1, -0.05) is 35.0 Å². The zero-order chi connectivity index (χ0) is 13.7. The number of hydrogen-bond donors (Lipinski definition) is 1. The Morgan fingerprint density at radius 1 is 1.42 bits per heavy atom. The van der Waals surface area contributed by atoms with Crippen molar-refractivity contribution in [1.29, 1.82) is 0 Å². The van der Waals surface area contributed by atoms with Crippen LogP contribution in [-0.4, -0.2) is 30.1 Å². The summed E-state index contributed by atoms with van der Waals surface area (Å²) < 4.78 is 1.18. The van der Waals surface area contributed by atoms with Gasteiger partial charge in [0.25, 0.3) is 0 Å². The van der Waals surface area contributed by atoms with Crippen molar-refractivity contribution < 1.29 is 0 Å². The largest absolute Gasteiger partial charge is 0.314 e. The molecule has 2 nitrogen and oxygen atoms in total. The Morgan fingerprint density at radius 2 is 2.26 bits per heavy atom. The van der Waals surface area contributed by atoms with Gasteiger partial charge >= 0.3 is 0 Å². The minimum atomic E-state index is 0.669. The number of piperidine rings is 1. The van der Waals surface area contributed by atoms with E-state index in [4.69, 9.17) is 0 Å². The quantitative estimate of drug-likeness (QED) is 0.886. The Hall–Kier alpha value is -0.380. The minimum Gasteiger partial charge on any atom is -0.314 e. The van der Waals surface area contributed by atoms with Crippen LogP contribution in [0.3, 0.4) is 0 Å². The van der Waals surface area contributed by atoms with E-state index in [1.807, 2.05) is 0 Å². The Labute approximate surface area is 125 Å². The molecule has 2 rings (SSSR count). The van der Waals surface area contributed by atoms with Crippen LogP contribution in [-0.2, 0) is 6.54 Å². The van der Waals surface area contributed by atoms with Crippen molar-refractivity contribution >= 4 is 15.9 Å². The third-order valence-corrected chi connectivity index (χ3v) is 4.46. The van der Waals surface area contributed by atoms with E-state index in [0.29, 0.717) is 12.1 Å². The normalized spacial score (nSPS) is 24.6. The first-order chi connectivity index (χ1) is 9.19. The molecule has 0 aromatic heterocycles. The van der Waals surface area contributed by atoms with Crippen LogP contribution < -0.4 is 5.32 Å². The smallest absolute Gasteiger partial charge is 0.0236 e. The molecule has 1 aliphatic heterocycles. The van der Waals surface area contributed by atoms with Gasteiger partial charge in [0.2, 0.25) is 0 Å². The fourth-order valence-corrected chi connectivity index (χ4v) is 3.31. The summed E-state index contributed by atoms with van der Waals surface area (Å²) in [6.07, 6.45) is 3.78. The maximum atomic E-state index is 3.66. The van der Waals surface area contributed by atoms with Gasteiger partial charge in [0.1, 0.15) is 0 Å². The summed E-state index contributed by atoms with van der Waals surface area (Å²) in [5.41, 5.74) is 1.40. The van der Waals surface area contributed by atoms with Gasteiger partial charge < -0.3 is 5.32 Å². The fraction of sp³-hybridized carbons (Fsp3) is 0.625. The van der Waals surface area contributed by atoms with Crippen LogP contribution in [0.1, 0.15) is 38.7 Å². The fourth-order valence-electron chi connectivity index (χ4n) is 2.86. The Balaban J connectivity index is 1.86. The first-order valence-corrected chi connectivity index (χ1v) is 8.20. The summed E-state index contributed by atoms with van der Waals surface area (Å²) in [5, 5.41) is 3.66. The molecule has 2 unspecified atom stereocenters. The van der Waals surface area contributed by atoms with Gasteiger partial charge in [-0.25, -0.2) is 0 Å². The van der Waals surface area contributed by atoms with Crippen LogP contribution in [0, 0.1) is 0 Å². The number of nitrogens with one attached hydrogen (secondary N) is 1. The van der Waals surface area contributed by atoms with Crippen molar-refractivity contribution in [2.24, 2.45) is 0 Å². The molecule has 0 saturated carbocycles. The van der Waals surface area contributed by atoms with Crippen molar-refractivity contribution in [3.05, 3.63) is 34.3 Å². The van der Waals surface area contributed by atoms with Crippen LogP contribution in [0.5, 0.6) is 0 Å². The average Bonchev–Trinajstić information content (AvgIpc) is 2.39. The number of halogens is 1. The maximum absolute atomic E-state index is 3.66. The maximum Gasteiger partial charge on any atom is 0.0236 e. The van der Waals surface area contributed by atoms with Gasteiger partial charge in [0.05, 0.1) is 0 Å². The predicted molar refractivity (Wildman–Crippen MR) is 85.3 cm³/mol. The standard InChI is InChI=1S/C16H25BrN2/c1-3-8-18-16-7-9-19(13(2)10-16)12-14-5-4-6-15(17)11-14/h4-6,11,13,16,18H,3,7-10,12H2,1-2H3. The molecule has 0 amide bonds. The lowest BCUT2D eigenvalue weighted by Crippen LogP contribution is -2.47. The zero-order valence-corrected chi connectivity index (χ0v) is 13.6. The van der Waals surface area contributed by atoms with Gasteiger partial charge in [-0.2, -0.15) is 0 Å². The molecule has 1 aliphatic rings. The van der Waals surface area contributed by atoms with E-state index < -0.39 is 0 Å². The Kier molecular flexibility index (Phi) is 5.86. The van der Waals surface area contributed by atoms with E-state index in [9.17, 15) is 0 Å². The highest BCUT2D eigenvalue weighted by atomic mass is 79.9. The van der Waals surface area contributed by atoms with E-state index in [1.54, 1.807) is 0 Å². The average molecular weight is 325 g/mol. The first-order valence-electron chi connectivity index (χ1n) is 7.41. The van der Waals surface area contributed by atoms with Crippen molar-refractivity contribution in [3.63, 3.8) is 0 Å². The van der Waals surface area contributed by atoms with Gasteiger partial charge in [-0.3, -0.25) is 4.90 Å². The molecule has 0 aliphatic carbocycles. The van der Waals surface area contributed by atoms with Crippen molar-refractivity contribution in [2.45, 2.75) is 51.7 Å². The second-order valence-corrected chi connectivity index (χ2v) is 6.54. The van der Waals surface area contributed by atoms with Gasteiger partial charge in [0, 0.05) is 29.6 Å². The number of benzene rings is 1. The lowest BCUT2D eigenvalue weighted by molar-refractivity contribution is 0.129. The summed E-state index contributed by atoms with van der Waals surface area (Å²) in [6, 6.07) is 10.1. The van der Waals surface area contributed by atoms with Gasteiger partial charge in [0.15, 0.2) is 0 Å². The highest BCUT2D eigenvalue weighted by molar-refractivity contribution is 9.10. The van der Waals surface area contributed by atoms with Crippen LogP contribution in [0.4, 0.5) is 0 Å². The second kappa shape index (κ2) is 7.41. The minimum absolute atomic E-state index is 0.669. The topological polar surface area (TPSA) is 15.3 Å². The third kappa shape index (κ3) is 4.59. The van der Waals surface area contributed by atoms with Crippen molar-refractivity contribution in [3.8, 4) is 0 Å². The highest BCUT2D eigenvalue weighted by Crippen LogP contribution is 2.21.